The quantitative estimate of drug-likeness (QED) is 0.860. The van der Waals surface area contributed by atoms with E-state index in [4.69, 9.17) is 11.6 Å². The van der Waals surface area contributed by atoms with Gasteiger partial charge in [0.1, 0.15) is 5.82 Å². The lowest BCUT2D eigenvalue weighted by Gasteiger charge is -1.99. The van der Waals surface area contributed by atoms with E-state index < -0.39 is 15.7 Å². The third kappa shape index (κ3) is 3.66. The highest BCUT2D eigenvalue weighted by molar-refractivity contribution is 7.94. The van der Waals surface area contributed by atoms with Gasteiger partial charge in [-0.25, -0.2) is 12.8 Å². The Bertz CT molecular complexity index is 706. The summed E-state index contributed by atoms with van der Waals surface area (Å²) in [5, 5.41) is 1.51. The summed E-state index contributed by atoms with van der Waals surface area (Å²) in [5.74, 6) is -0.411. The summed E-state index contributed by atoms with van der Waals surface area (Å²) in [6, 6.07) is 11.6. The first kappa shape index (κ1) is 13.8. The first-order valence-electron chi connectivity index (χ1n) is 5.42. The molecule has 0 heterocycles. The third-order valence-electron chi connectivity index (χ3n) is 2.43. The van der Waals surface area contributed by atoms with Crippen LogP contribution < -0.4 is 0 Å². The van der Waals surface area contributed by atoms with Crippen LogP contribution in [0.5, 0.6) is 0 Å². The molecule has 2 nitrogen and oxygen atoms in total. The Hall–Kier alpha value is -1.65. The SMILES string of the molecule is O=S(=O)(/C=C/c1cccc(F)c1)c1ccc(Cl)cc1. The van der Waals surface area contributed by atoms with Crippen LogP contribution in [0.2, 0.25) is 5.02 Å². The second kappa shape index (κ2) is 5.55. The van der Waals surface area contributed by atoms with Crippen molar-refractivity contribution in [2.45, 2.75) is 4.90 Å². The van der Waals surface area contributed by atoms with Gasteiger partial charge in [0.15, 0.2) is 9.84 Å². The average molecular weight is 297 g/mol. The Morgan fingerprint density at radius 3 is 2.37 bits per heavy atom. The molecule has 0 amide bonds. The minimum absolute atomic E-state index is 0.143. The van der Waals surface area contributed by atoms with E-state index in [1.54, 1.807) is 6.07 Å². The van der Waals surface area contributed by atoms with E-state index in [9.17, 15) is 12.8 Å². The van der Waals surface area contributed by atoms with Gasteiger partial charge in [-0.3, -0.25) is 0 Å². The molecule has 0 aliphatic heterocycles. The molecule has 0 spiro atoms. The normalized spacial score (nSPS) is 11.9. The number of sulfone groups is 1. The van der Waals surface area contributed by atoms with Crippen molar-refractivity contribution >= 4 is 27.5 Å². The van der Waals surface area contributed by atoms with Gasteiger partial charge in [0, 0.05) is 10.4 Å². The number of benzene rings is 2. The minimum Gasteiger partial charge on any atom is -0.219 e. The van der Waals surface area contributed by atoms with Gasteiger partial charge in [-0.15, -0.1) is 0 Å². The second-order valence-electron chi connectivity index (χ2n) is 3.86. The van der Waals surface area contributed by atoms with Gasteiger partial charge in [0.2, 0.25) is 0 Å². The molecule has 2 aromatic rings. The maximum Gasteiger partial charge on any atom is 0.199 e. The zero-order valence-corrected chi connectivity index (χ0v) is 11.3. The van der Waals surface area contributed by atoms with E-state index in [0.29, 0.717) is 10.6 Å². The van der Waals surface area contributed by atoms with E-state index in [1.165, 1.54) is 48.5 Å². The fraction of sp³-hybridized carbons (Fsp3) is 0. The summed E-state index contributed by atoms with van der Waals surface area (Å²) < 4.78 is 36.9. The summed E-state index contributed by atoms with van der Waals surface area (Å²) >= 11 is 5.70. The first-order valence-corrected chi connectivity index (χ1v) is 7.34. The molecule has 0 unspecified atom stereocenters. The third-order valence-corrected chi connectivity index (χ3v) is 4.11. The molecule has 0 saturated carbocycles. The average Bonchev–Trinajstić information content (AvgIpc) is 2.37. The Kier molecular flexibility index (Phi) is 4.02. The van der Waals surface area contributed by atoms with Crippen LogP contribution in [-0.2, 0) is 9.84 Å². The summed E-state index contributed by atoms with van der Waals surface area (Å²) in [7, 11) is -3.55. The van der Waals surface area contributed by atoms with Gasteiger partial charge in [-0.2, -0.15) is 0 Å². The molecule has 2 rings (SSSR count). The number of halogens is 2. The van der Waals surface area contributed by atoms with Crippen molar-refractivity contribution in [1.82, 2.24) is 0 Å². The molecule has 5 heteroatoms. The van der Waals surface area contributed by atoms with Crippen molar-refractivity contribution in [1.29, 1.82) is 0 Å². The van der Waals surface area contributed by atoms with E-state index in [2.05, 4.69) is 0 Å². The van der Waals surface area contributed by atoms with Crippen molar-refractivity contribution in [2.24, 2.45) is 0 Å². The molecule has 0 saturated heterocycles. The predicted octanol–water partition coefficient (Wildman–Crippen LogP) is 3.92. The van der Waals surface area contributed by atoms with Gasteiger partial charge in [0.25, 0.3) is 0 Å². The van der Waals surface area contributed by atoms with Crippen LogP contribution in [0.3, 0.4) is 0 Å². The fourth-order valence-electron chi connectivity index (χ4n) is 1.48. The highest BCUT2D eigenvalue weighted by Crippen LogP contribution is 2.17. The summed E-state index contributed by atoms with van der Waals surface area (Å²) in [4.78, 5) is 0.143. The molecule has 0 atom stereocenters. The van der Waals surface area contributed by atoms with Gasteiger partial charge in [-0.1, -0.05) is 23.7 Å². The number of rotatable bonds is 3. The van der Waals surface area contributed by atoms with Gasteiger partial charge in [0.05, 0.1) is 4.90 Å². The molecule has 0 fully saturated rings. The largest absolute Gasteiger partial charge is 0.219 e. The zero-order valence-electron chi connectivity index (χ0n) is 9.75. The number of hydrogen-bond acceptors (Lipinski definition) is 2. The van der Waals surface area contributed by atoms with Crippen LogP contribution in [0.25, 0.3) is 6.08 Å². The molecule has 0 bridgehead atoms. The van der Waals surface area contributed by atoms with Crippen molar-refractivity contribution in [3.05, 3.63) is 70.3 Å². The standard InChI is InChI=1S/C14H10ClFO2S/c15-12-4-6-14(7-5-12)19(17,18)9-8-11-2-1-3-13(16)10-11/h1-10H/b9-8+. The maximum absolute atomic E-state index is 13.0. The van der Waals surface area contributed by atoms with Crippen molar-refractivity contribution < 1.29 is 12.8 Å². The summed E-state index contributed by atoms with van der Waals surface area (Å²) in [6.07, 6.45) is 1.35. The van der Waals surface area contributed by atoms with Gasteiger partial charge >= 0.3 is 0 Å². The molecule has 98 valence electrons. The molecule has 19 heavy (non-hydrogen) atoms. The highest BCUT2D eigenvalue weighted by atomic mass is 35.5. The molecule has 2 aromatic carbocycles. The molecule has 0 N–H and O–H groups in total. The molecule has 0 aromatic heterocycles. The smallest absolute Gasteiger partial charge is 0.199 e. The van der Waals surface area contributed by atoms with Crippen LogP contribution in [0.15, 0.2) is 58.8 Å². The Labute approximate surface area is 116 Å². The van der Waals surface area contributed by atoms with Crippen molar-refractivity contribution in [2.75, 3.05) is 0 Å². The minimum atomic E-state index is -3.55. The topological polar surface area (TPSA) is 34.1 Å². The van der Waals surface area contributed by atoms with E-state index in [1.807, 2.05) is 0 Å². The van der Waals surface area contributed by atoms with Crippen LogP contribution in [-0.4, -0.2) is 8.42 Å². The monoisotopic (exact) mass is 296 g/mol. The molecular weight excluding hydrogens is 287 g/mol. The lowest BCUT2D eigenvalue weighted by Crippen LogP contribution is -1.95. The molecule has 0 aliphatic carbocycles. The van der Waals surface area contributed by atoms with Crippen molar-refractivity contribution in [3.8, 4) is 0 Å². The Morgan fingerprint density at radius 2 is 1.74 bits per heavy atom. The van der Waals surface area contributed by atoms with Crippen LogP contribution in [0, 0.1) is 5.82 Å². The lowest BCUT2D eigenvalue weighted by molar-refractivity contribution is 0.604. The predicted molar refractivity (Wildman–Crippen MR) is 74.1 cm³/mol. The molecule has 0 radical (unpaired) electrons. The summed E-state index contributed by atoms with van der Waals surface area (Å²) in [6.45, 7) is 0. The van der Waals surface area contributed by atoms with E-state index >= 15 is 0 Å². The highest BCUT2D eigenvalue weighted by Gasteiger charge is 2.09. The zero-order chi connectivity index (χ0) is 13.9. The Morgan fingerprint density at radius 1 is 1.05 bits per heavy atom. The van der Waals surface area contributed by atoms with Gasteiger partial charge in [-0.05, 0) is 48.0 Å². The molecule has 0 aliphatic rings. The van der Waals surface area contributed by atoms with Crippen LogP contribution >= 0.6 is 11.6 Å². The van der Waals surface area contributed by atoms with Crippen LogP contribution in [0.4, 0.5) is 4.39 Å². The van der Waals surface area contributed by atoms with Crippen LogP contribution in [0.1, 0.15) is 5.56 Å². The number of hydrogen-bond donors (Lipinski definition) is 0. The van der Waals surface area contributed by atoms with Crippen molar-refractivity contribution in [3.63, 3.8) is 0 Å². The molecular formula is C14H10ClFO2S. The summed E-state index contributed by atoms with van der Waals surface area (Å²) in [5.41, 5.74) is 0.484. The fourth-order valence-corrected chi connectivity index (χ4v) is 2.62. The maximum atomic E-state index is 13.0. The Balaban J connectivity index is 2.29. The van der Waals surface area contributed by atoms with Gasteiger partial charge < -0.3 is 0 Å². The first-order chi connectivity index (χ1) is 8.97. The lowest BCUT2D eigenvalue weighted by atomic mass is 10.2. The van der Waals surface area contributed by atoms with E-state index in [-0.39, 0.29) is 4.90 Å². The van der Waals surface area contributed by atoms with E-state index in [0.717, 1.165) is 5.41 Å². The second-order valence-corrected chi connectivity index (χ2v) is 6.13.